The van der Waals surface area contributed by atoms with E-state index < -0.39 is 5.82 Å². The van der Waals surface area contributed by atoms with Gasteiger partial charge in [0.2, 0.25) is 5.91 Å². The quantitative estimate of drug-likeness (QED) is 0.609. The van der Waals surface area contributed by atoms with Crippen molar-refractivity contribution in [3.8, 4) is 0 Å². The lowest BCUT2D eigenvalue weighted by molar-refractivity contribution is -0.115. The van der Waals surface area contributed by atoms with E-state index >= 15 is 0 Å². The molecular weight excluding hydrogens is 399 g/mol. The molecule has 1 atom stereocenters. The zero-order chi connectivity index (χ0) is 21.3. The van der Waals surface area contributed by atoms with Gasteiger partial charge < -0.3 is 5.32 Å². The molecule has 1 N–H and O–H groups in total. The third kappa shape index (κ3) is 3.96. The number of nitrogens with zero attached hydrogens (tertiary/aromatic N) is 1. The second-order valence-corrected chi connectivity index (χ2v) is 8.30. The Morgan fingerprint density at radius 3 is 2.53 bits per heavy atom. The van der Waals surface area contributed by atoms with Crippen molar-refractivity contribution < 1.29 is 14.0 Å². The number of hydrogen-bond acceptors (Lipinski definition) is 3. The Labute approximate surface area is 179 Å². The van der Waals surface area contributed by atoms with E-state index in [0.29, 0.717) is 11.4 Å². The number of rotatable bonds is 4. The molecule has 1 saturated heterocycles. The number of hydrogen-bond donors (Lipinski definition) is 1. The summed E-state index contributed by atoms with van der Waals surface area (Å²) in [6.07, 6.45) is 0. The summed E-state index contributed by atoms with van der Waals surface area (Å²) >= 11 is 1.59. The van der Waals surface area contributed by atoms with Gasteiger partial charge in [0.25, 0.3) is 5.91 Å². The lowest BCUT2D eigenvalue weighted by atomic mass is 10.1. The molecule has 1 fully saturated rings. The Bertz CT molecular complexity index is 1110. The Kier molecular flexibility index (Phi) is 5.59. The SMILES string of the molecule is Cc1cccc(N2C(=O)CS[C@H]2c2ccc(NC(=O)c3cccc(F)c3)cc2)c1C. The maximum absolute atomic E-state index is 13.3. The van der Waals surface area contributed by atoms with Gasteiger partial charge in [0, 0.05) is 16.9 Å². The van der Waals surface area contributed by atoms with E-state index in [1.54, 1.807) is 30.0 Å². The zero-order valence-electron chi connectivity index (χ0n) is 16.7. The maximum atomic E-state index is 13.3. The summed E-state index contributed by atoms with van der Waals surface area (Å²) in [5, 5.41) is 2.66. The minimum absolute atomic E-state index is 0.0854. The molecule has 6 heteroatoms. The van der Waals surface area contributed by atoms with Crippen LogP contribution in [0, 0.1) is 19.7 Å². The number of aryl methyl sites for hydroxylation is 1. The number of anilines is 2. The highest BCUT2D eigenvalue weighted by atomic mass is 32.2. The Morgan fingerprint density at radius 1 is 1.07 bits per heavy atom. The normalized spacial score (nSPS) is 16.0. The standard InChI is InChI=1S/C24H21FN2O2S/c1-15-5-3-8-21(16(15)2)27-22(28)14-30-24(27)17-9-11-20(12-10-17)26-23(29)18-6-4-7-19(25)13-18/h3-13,24H,14H2,1-2H3,(H,26,29)/t24-/m0/s1. The first kappa shape index (κ1) is 20.2. The molecule has 0 radical (unpaired) electrons. The highest BCUT2D eigenvalue weighted by molar-refractivity contribution is 8.00. The predicted octanol–water partition coefficient (Wildman–Crippen LogP) is 5.47. The lowest BCUT2D eigenvalue weighted by Gasteiger charge is -2.26. The van der Waals surface area contributed by atoms with Gasteiger partial charge in [-0.3, -0.25) is 14.5 Å². The molecule has 30 heavy (non-hydrogen) atoms. The predicted molar refractivity (Wildman–Crippen MR) is 119 cm³/mol. The fourth-order valence-corrected chi connectivity index (χ4v) is 4.66. The molecule has 3 aromatic rings. The lowest BCUT2D eigenvalue weighted by Crippen LogP contribution is -2.28. The minimum atomic E-state index is -0.451. The van der Waals surface area contributed by atoms with Crippen molar-refractivity contribution in [2.24, 2.45) is 0 Å². The van der Waals surface area contributed by atoms with Gasteiger partial charge in [-0.05, 0) is 66.9 Å². The fraction of sp³-hybridized carbons (Fsp3) is 0.167. The number of carbonyl (C=O) groups excluding carboxylic acids is 2. The van der Waals surface area contributed by atoms with Crippen molar-refractivity contribution in [1.29, 1.82) is 0 Å². The van der Waals surface area contributed by atoms with Crippen LogP contribution in [0.5, 0.6) is 0 Å². The number of amides is 2. The van der Waals surface area contributed by atoms with Gasteiger partial charge in [0.15, 0.2) is 0 Å². The highest BCUT2D eigenvalue weighted by Crippen LogP contribution is 2.43. The summed E-state index contributed by atoms with van der Waals surface area (Å²) < 4.78 is 13.3. The van der Waals surface area contributed by atoms with Crippen LogP contribution in [0.15, 0.2) is 66.7 Å². The first-order chi connectivity index (χ1) is 14.4. The van der Waals surface area contributed by atoms with Crippen molar-refractivity contribution in [1.82, 2.24) is 0 Å². The van der Waals surface area contributed by atoms with Crippen molar-refractivity contribution in [2.75, 3.05) is 16.0 Å². The van der Waals surface area contributed by atoms with Crippen LogP contribution in [0.1, 0.15) is 32.4 Å². The number of nitrogens with one attached hydrogen (secondary N) is 1. The molecule has 0 spiro atoms. The second kappa shape index (κ2) is 8.32. The van der Waals surface area contributed by atoms with E-state index in [2.05, 4.69) is 5.32 Å². The van der Waals surface area contributed by atoms with Crippen LogP contribution in [0.2, 0.25) is 0 Å². The van der Waals surface area contributed by atoms with Crippen LogP contribution in [0.25, 0.3) is 0 Å². The van der Waals surface area contributed by atoms with Gasteiger partial charge in [-0.15, -0.1) is 11.8 Å². The van der Waals surface area contributed by atoms with Crippen molar-refractivity contribution in [2.45, 2.75) is 19.2 Å². The smallest absolute Gasteiger partial charge is 0.255 e. The monoisotopic (exact) mass is 420 g/mol. The summed E-state index contributed by atoms with van der Waals surface area (Å²) in [6.45, 7) is 4.07. The summed E-state index contributed by atoms with van der Waals surface area (Å²) in [5.74, 6) is -0.310. The van der Waals surface area contributed by atoms with Gasteiger partial charge in [-0.2, -0.15) is 0 Å². The molecule has 2 amide bonds. The molecule has 4 rings (SSSR count). The molecule has 1 aliphatic rings. The second-order valence-electron chi connectivity index (χ2n) is 7.23. The van der Waals surface area contributed by atoms with Crippen LogP contribution < -0.4 is 10.2 Å². The van der Waals surface area contributed by atoms with Gasteiger partial charge in [-0.25, -0.2) is 4.39 Å². The van der Waals surface area contributed by atoms with E-state index in [1.807, 2.05) is 49.1 Å². The number of benzene rings is 3. The summed E-state index contributed by atoms with van der Waals surface area (Å²) in [5.41, 5.74) is 5.02. The van der Waals surface area contributed by atoms with Crippen molar-refractivity contribution in [3.05, 3.63) is 94.8 Å². The molecule has 0 bridgehead atoms. The summed E-state index contributed by atoms with van der Waals surface area (Å²) in [4.78, 5) is 26.8. The first-order valence-electron chi connectivity index (χ1n) is 9.61. The molecule has 4 nitrogen and oxygen atoms in total. The number of thioether (sulfide) groups is 1. The maximum Gasteiger partial charge on any atom is 0.255 e. The van der Waals surface area contributed by atoms with Crippen LogP contribution >= 0.6 is 11.8 Å². The van der Waals surface area contributed by atoms with Crippen LogP contribution in [0.3, 0.4) is 0 Å². The largest absolute Gasteiger partial charge is 0.322 e. The molecule has 0 unspecified atom stereocenters. The van der Waals surface area contributed by atoms with Crippen molar-refractivity contribution >= 4 is 35.0 Å². The Balaban J connectivity index is 1.55. The Morgan fingerprint density at radius 2 is 1.80 bits per heavy atom. The van der Waals surface area contributed by atoms with Crippen LogP contribution in [-0.4, -0.2) is 17.6 Å². The van der Waals surface area contributed by atoms with E-state index in [-0.39, 0.29) is 22.8 Å². The Hall–Kier alpha value is -3.12. The molecule has 152 valence electrons. The topological polar surface area (TPSA) is 49.4 Å². The molecule has 3 aromatic carbocycles. The third-order valence-electron chi connectivity index (χ3n) is 5.24. The van der Waals surface area contributed by atoms with E-state index in [1.165, 1.54) is 18.2 Å². The minimum Gasteiger partial charge on any atom is -0.322 e. The molecule has 0 aromatic heterocycles. The molecule has 1 aliphatic heterocycles. The molecule has 0 saturated carbocycles. The molecular formula is C24H21FN2O2S. The third-order valence-corrected chi connectivity index (χ3v) is 6.46. The van der Waals surface area contributed by atoms with Gasteiger partial charge in [0.05, 0.1) is 5.75 Å². The first-order valence-corrected chi connectivity index (χ1v) is 10.7. The van der Waals surface area contributed by atoms with Crippen LogP contribution in [-0.2, 0) is 4.79 Å². The van der Waals surface area contributed by atoms with Gasteiger partial charge in [0.1, 0.15) is 11.2 Å². The average Bonchev–Trinajstić information content (AvgIpc) is 3.12. The van der Waals surface area contributed by atoms with E-state index in [4.69, 9.17) is 0 Å². The average molecular weight is 421 g/mol. The van der Waals surface area contributed by atoms with Gasteiger partial charge in [-0.1, -0.05) is 30.3 Å². The molecule has 0 aliphatic carbocycles. The van der Waals surface area contributed by atoms with E-state index in [0.717, 1.165) is 22.4 Å². The summed E-state index contributed by atoms with van der Waals surface area (Å²) in [7, 11) is 0. The summed E-state index contributed by atoms with van der Waals surface area (Å²) in [6, 6.07) is 19.0. The number of carbonyl (C=O) groups is 2. The zero-order valence-corrected chi connectivity index (χ0v) is 17.5. The van der Waals surface area contributed by atoms with Crippen molar-refractivity contribution in [3.63, 3.8) is 0 Å². The number of halogens is 1. The van der Waals surface area contributed by atoms with Crippen LogP contribution in [0.4, 0.5) is 15.8 Å². The van der Waals surface area contributed by atoms with E-state index in [9.17, 15) is 14.0 Å². The van der Waals surface area contributed by atoms with Gasteiger partial charge >= 0.3 is 0 Å². The molecule has 1 heterocycles. The fourth-order valence-electron chi connectivity index (χ4n) is 3.49. The highest BCUT2D eigenvalue weighted by Gasteiger charge is 2.34.